The first-order chi connectivity index (χ1) is 16.2. The van der Waals surface area contributed by atoms with Crippen molar-refractivity contribution in [3.63, 3.8) is 0 Å². The number of carbonyl (C=O) groups excluding carboxylic acids is 2. The Kier molecular flexibility index (Phi) is 8.44. The lowest BCUT2D eigenvalue weighted by Crippen LogP contribution is -2.63. The second-order valence-corrected chi connectivity index (χ2v) is 14.2. The van der Waals surface area contributed by atoms with Crippen LogP contribution in [0.3, 0.4) is 0 Å². The summed E-state index contributed by atoms with van der Waals surface area (Å²) in [6.45, 7) is 18.7. The van der Waals surface area contributed by atoms with Gasteiger partial charge in [0.2, 0.25) is 0 Å². The highest BCUT2D eigenvalue weighted by Crippen LogP contribution is 2.62. The first-order valence-corrected chi connectivity index (χ1v) is 14.7. The summed E-state index contributed by atoms with van der Waals surface area (Å²) in [5.74, 6) is 3.49. The van der Waals surface area contributed by atoms with E-state index >= 15 is 0 Å². The maximum Gasteiger partial charge on any atom is 0.312 e. The number of rotatable bonds is 7. The van der Waals surface area contributed by atoms with Gasteiger partial charge < -0.3 is 9.47 Å². The molecule has 0 radical (unpaired) electrons. The Morgan fingerprint density at radius 1 is 0.771 bits per heavy atom. The third-order valence-corrected chi connectivity index (χ3v) is 10.5. The van der Waals surface area contributed by atoms with Crippen LogP contribution >= 0.6 is 0 Å². The van der Waals surface area contributed by atoms with Crippen LogP contribution in [-0.2, 0) is 19.1 Å². The van der Waals surface area contributed by atoms with Gasteiger partial charge in [0.1, 0.15) is 11.2 Å². The summed E-state index contributed by atoms with van der Waals surface area (Å²) in [6.07, 6.45) is 12.7. The van der Waals surface area contributed by atoms with Crippen molar-refractivity contribution in [1.29, 1.82) is 0 Å². The lowest BCUT2D eigenvalue weighted by atomic mass is 9.47. The molecule has 0 heterocycles. The molecule has 0 amide bonds. The van der Waals surface area contributed by atoms with Crippen molar-refractivity contribution in [3.8, 4) is 0 Å². The topological polar surface area (TPSA) is 52.6 Å². The summed E-state index contributed by atoms with van der Waals surface area (Å²) in [7, 11) is 0. The van der Waals surface area contributed by atoms with Gasteiger partial charge >= 0.3 is 11.9 Å². The molecule has 4 bridgehead atoms. The SMILES string of the molecule is CCC(C)(C)C(=O)OC1(C(C)C)C2CC3CC(C2)CC1C3.CCC(C)(C)C(=O)OC1(C)CCCC1. The molecule has 5 aliphatic carbocycles. The van der Waals surface area contributed by atoms with E-state index in [1.165, 1.54) is 44.9 Å². The lowest BCUT2D eigenvalue weighted by molar-refractivity contribution is -0.231. The Balaban J connectivity index is 0.000000214. The molecule has 202 valence electrons. The van der Waals surface area contributed by atoms with Crippen LogP contribution in [0.4, 0.5) is 0 Å². The number of hydrogen-bond acceptors (Lipinski definition) is 4. The highest BCUT2D eigenvalue weighted by atomic mass is 16.6. The van der Waals surface area contributed by atoms with Gasteiger partial charge in [0, 0.05) is 0 Å². The Morgan fingerprint density at radius 3 is 1.54 bits per heavy atom. The molecule has 0 saturated heterocycles. The molecule has 4 nitrogen and oxygen atoms in total. The monoisotopic (exact) mass is 490 g/mol. The van der Waals surface area contributed by atoms with E-state index in [-0.39, 0.29) is 34.0 Å². The van der Waals surface area contributed by atoms with Crippen LogP contribution in [-0.4, -0.2) is 23.1 Å². The molecule has 0 aliphatic heterocycles. The quantitative estimate of drug-likeness (QED) is 0.338. The molecule has 0 spiro atoms. The zero-order valence-corrected chi connectivity index (χ0v) is 24.3. The van der Waals surface area contributed by atoms with Gasteiger partial charge in [-0.1, -0.05) is 27.7 Å². The third-order valence-electron chi connectivity index (χ3n) is 10.5. The molecule has 0 aromatic heterocycles. The Hall–Kier alpha value is -1.06. The van der Waals surface area contributed by atoms with Crippen LogP contribution in [0.2, 0.25) is 0 Å². The fourth-order valence-corrected chi connectivity index (χ4v) is 7.32. The minimum atomic E-state index is -0.351. The van der Waals surface area contributed by atoms with Crippen molar-refractivity contribution >= 4 is 11.9 Å². The summed E-state index contributed by atoms with van der Waals surface area (Å²) in [4.78, 5) is 24.6. The van der Waals surface area contributed by atoms with Crippen LogP contribution in [0.5, 0.6) is 0 Å². The maximum atomic E-state index is 12.8. The molecule has 5 saturated carbocycles. The average Bonchev–Trinajstić information content (AvgIpc) is 3.21. The molecular formula is C31H54O4. The molecule has 0 unspecified atom stereocenters. The first-order valence-electron chi connectivity index (χ1n) is 14.7. The highest BCUT2D eigenvalue weighted by molar-refractivity contribution is 5.76. The van der Waals surface area contributed by atoms with Gasteiger partial charge in [-0.3, -0.25) is 9.59 Å². The number of esters is 2. The molecule has 5 rings (SSSR count). The highest BCUT2D eigenvalue weighted by Gasteiger charge is 2.61. The fourth-order valence-electron chi connectivity index (χ4n) is 7.32. The fraction of sp³-hybridized carbons (Fsp3) is 0.935. The summed E-state index contributed by atoms with van der Waals surface area (Å²) < 4.78 is 12.0. The van der Waals surface area contributed by atoms with Crippen LogP contribution in [0.15, 0.2) is 0 Å². The third kappa shape index (κ3) is 5.77. The molecule has 0 atom stereocenters. The van der Waals surface area contributed by atoms with Crippen LogP contribution in [0.1, 0.15) is 133 Å². The van der Waals surface area contributed by atoms with Gasteiger partial charge in [0.15, 0.2) is 0 Å². The van der Waals surface area contributed by atoms with E-state index in [2.05, 4.69) is 27.7 Å². The van der Waals surface area contributed by atoms with E-state index in [0.29, 0.717) is 17.8 Å². The molecular weight excluding hydrogens is 436 g/mol. The predicted molar refractivity (Wildman–Crippen MR) is 142 cm³/mol. The van der Waals surface area contributed by atoms with Crippen molar-refractivity contribution in [2.45, 2.75) is 144 Å². The molecule has 0 aromatic carbocycles. The predicted octanol–water partition coefficient (Wildman–Crippen LogP) is 8.12. The van der Waals surface area contributed by atoms with E-state index in [0.717, 1.165) is 37.5 Å². The normalized spacial score (nSPS) is 33.3. The number of hydrogen-bond donors (Lipinski definition) is 0. The zero-order chi connectivity index (χ0) is 26.2. The summed E-state index contributed by atoms with van der Waals surface area (Å²) in [5, 5.41) is 0. The van der Waals surface area contributed by atoms with Crippen molar-refractivity contribution in [2.24, 2.45) is 40.4 Å². The Labute approximate surface area is 215 Å². The molecule has 4 heteroatoms. The van der Waals surface area contributed by atoms with Gasteiger partial charge in [-0.25, -0.2) is 0 Å². The molecule has 35 heavy (non-hydrogen) atoms. The number of ether oxygens (including phenoxy) is 2. The van der Waals surface area contributed by atoms with Gasteiger partial charge in [0.25, 0.3) is 0 Å². The molecule has 5 fully saturated rings. The van der Waals surface area contributed by atoms with Gasteiger partial charge in [0.05, 0.1) is 10.8 Å². The Morgan fingerprint density at radius 2 is 1.17 bits per heavy atom. The van der Waals surface area contributed by atoms with Crippen LogP contribution in [0.25, 0.3) is 0 Å². The van der Waals surface area contributed by atoms with Crippen molar-refractivity contribution in [3.05, 3.63) is 0 Å². The first kappa shape index (κ1) is 28.5. The van der Waals surface area contributed by atoms with Crippen LogP contribution < -0.4 is 0 Å². The summed E-state index contributed by atoms with van der Waals surface area (Å²) in [5.41, 5.74) is -1.03. The second-order valence-electron chi connectivity index (χ2n) is 14.2. The van der Waals surface area contributed by atoms with E-state index in [4.69, 9.17) is 9.47 Å². The van der Waals surface area contributed by atoms with Crippen molar-refractivity contribution in [1.82, 2.24) is 0 Å². The van der Waals surface area contributed by atoms with E-state index in [1.807, 2.05) is 34.6 Å². The maximum absolute atomic E-state index is 12.8. The average molecular weight is 491 g/mol. The standard InChI is InChI=1S/C19H32O2.C12H22O2/c1-6-18(4,5)17(20)21-19(12(2)3)15-8-13-7-14(10-15)11-16(19)9-13;1-5-11(2,3)10(13)14-12(4)8-6-7-9-12/h12-16H,6-11H2,1-5H3;5-9H2,1-4H3. The van der Waals surface area contributed by atoms with Gasteiger partial charge in [-0.05, 0) is 135 Å². The smallest absolute Gasteiger partial charge is 0.312 e. The van der Waals surface area contributed by atoms with Crippen molar-refractivity contribution < 1.29 is 19.1 Å². The minimum absolute atomic E-state index is 0.0335. The second kappa shape index (κ2) is 10.4. The van der Waals surface area contributed by atoms with E-state index < -0.39 is 0 Å². The molecule has 0 N–H and O–H groups in total. The van der Waals surface area contributed by atoms with Crippen LogP contribution in [0, 0.1) is 40.4 Å². The lowest BCUT2D eigenvalue weighted by Gasteiger charge is -2.62. The largest absolute Gasteiger partial charge is 0.459 e. The summed E-state index contributed by atoms with van der Waals surface area (Å²) in [6, 6.07) is 0. The minimum Gasteiger partial charge on any atom is -0.459 e. The van der Waals surface area contributed by atoms with E-state index in [1.54, 1.807) is 0 Å². The molecule has 0 aromatic rings. The molecule has 5 aliphatic rings. The van der Waals surface area contributed by atoms with Gasteiger partial charge in [-0.15, -0.1) is 0 Å². The Bertz CT molecular complexity index is 728. The summed E-state index contributed by atoms with van der Waals surface area (Å²) >= 11 is 0. The van der Waals surface area contributed by atoms with Crippen molar-refractivity contribution in [2.75, 3.05) is 0 Å². The number of carbonyl (C=O) groups is 2. The zero-order valence-electron chi connectivity index (χ0n) is 24.3. The van der Waals surface area contributed by atoms with E-state index in [9.17, 15) is 9.59 Å². The van der Waals surface area contributed by atoms with Gasteiger partial charge in [-0.2, -0.15) is 0 Å².